The lowest BCUT2D eigenvalue weighted by atomic mass is 9.96. The lowest BCUT2D eigenvalue weighted by Crippen LogP contribution is -2.42. The van der Waals surface area contributed by atoms with E-state index in [1.54, 1.807) is 0 Å². The SMILES string of the molecule is CCCC(CCC)C(=O)N1CCC(C)C1CBr. The first-order chi connectivity index (χ1) is 8.15. The van der Waals surface area contributed by atoms with E-state index in [2.05, 4.69) is 41.6 Å². The second kappa shape index (κ2) is 7.40. The number of likely N-dealkylation sites (tertiary alicyclic amines) is 1. The van der Waals surface area contributed by atoms with Crippen molar-refractivity contribution in [3.8, 4) is 0 Å². The molecule has 1 heterocycles. The number of hydrogen-bond donors (Lipinski definition) is 0. The molecule has 1 fully saturated rings. The molecule has 0 aromatic heterocycles. The van der Waals surface area contributed by atoms with Gasteiger partial charge in [-0.15, -0.1) is 0 Å². The number of amides is 1. The Labute approximate surface area is 114 Å². The molecule has 0 aliphatic carbocycles. The standard InChI is InChI=1S/C14H26BrNO/c1-4-6-12(7-5-2)14(17)16-9-8-11(3)13(16)10-15/h11-13H,4-10H2,1-3H3. The van der Waals surface area contributed by atoms with Gasteiger partial charge in [-0.2, -0.15) is 0 Å². The minimum Gasteiger partial charge on any atom is -0.338 e. The summed E-state index contributed by atoms with van der Waals surface area (Å²) in [6.45, 7) is 7.56. The van der Waals surface area contributed by atoms with Crippen molar-refractivity contribution in [1.29, 1.82) is 0 Å². The predicted molar refractivity (Wildman–Crippen MR) is 76.4 cm³/mol. The second-order valence-electron chi connectivity index (χ2n) is 5.29. The summed E-state index contributed by atoms with van der Waals surface area (Å²) in [7, 11) is 0. The van der Waals surface area contributed by atoms with Crippen molar-refractivity contribution in [2.75, 3.05) is 11.9 Å². The van der Waals surface area contributed by atoms with E-state index < -0.39 is 0 Å². The molecule has 100 valence electrons. The molecule has 2 unspecified atom stereocenters. The Bertz CT molecular complexity index is 238. The molecule has 1 amide bonds. The van der Waals surface area contributed by atoms with Gasteiger partial charge in [-0.25, -0.2) is 0 Å². The van der Waals surface area contributed by atoms with E-state index in [1.807, 2.05) is 0 Å². The van der Waals surface area contributed by atoms with Crippen LogP contribution in [-0.2, 0) is 4.79 Å². The molecule has 0 aromatic carbocycles. The maximum Gasteiger partial charge on any atom is 0.225 e. The van der Waals surface area contributed by atoms with E-state index in [4.69, 9.17) is 0 Å². The number of nitrogens with zero attached hydrogens (tertiary/aromatic N) is 1. The molecule has 0 bridgehead atoms. The molecule has 0 spiro atoms. The van der Waals surface area contributed by atoms with Crippen LogP contribution in [0, 0.1) is 11.8 Å². The summed E-state index contributed by atoms with van der Waals surface area (Å²) in [5.74, 6) is 1.31. The molecule has 1 aliphatic heterocycles. The number of hydrogen-bond acceptors (Lipinski definition) is 1. The monoisotopic (exact) mass is 303 g/mol. The van der Waals surface area contributed by atoms with Crippen LogP contribution in [0.15, 0.2) is 0 Å². The van der Waals surface area contributed by atoms with Crippen molar-refractivity contribution in [2.45, 2.75) is 58.9 Å². The Kier molecular flexibility index (Phi) is 6.53. The van der Waals surface area contributed by atoms with Crippen LogP contribution in [0.25, 0.3) is 0 Å². The van der Waals surface area contributed by atoms with E-state index in [0.717, 1.165) is 44.0 Å². The Morgan fingerprint density at radius 1 is 1.35 bits per heavy atom. The molecule has 0 radical (unpaired) electrons. The number of carbonyl (C=O) groups is 1. The van der Waals surface area contributed by atoms with Crippen molar-refractivity contribution in [1.82, 2.24) is 4.90 Å². The molecule has 1 rings (SSSR count). The zero-order chi connectivity index (χ0) is 12.8. The summed E-state index contributed by atoms with van der Waals surface area (Å²) in [6.07, 6.45) is 5.48. The summed E-state index contributed by atoms with van der Waals surface area (Å²) in [6, 6.07) is 0.415. The quantitative estimate of drug-likeness (QED) is 0.683. The van der Waals surface area contributed by atoms with E-state index in [9.17, 15) is 4.79 Å². The highest BCUT2D eigenvalue weighted by molar-refractivity contribution is 9.09. The van der Waals surface area contributed by atoms with Gasteiger partial charge < -0.3 is 4.90 Å². The lowest BCUT2D eigenvalue weighted by molar-refractivity contribution is -0.136. The van der Waals surface area contributed by atoms with Crippen molar-refractivity contribution in [2.24, 2.45) is 11.8 Å². The van der Waals surface area contributed by atoms with E-state index >= 15 is 0 Å². The van der Waals surface area contributed by atoms with Gasteiger partial charge in [0, 0.05) is 23.8 Å². The van der Waals surface area contributed by atoms with Gasteiger partial charge in [0.1, 0.15) is 0 Å². The molecule has 17 heavy (non-hydrogen) atoms. The molecule has 3 heteroatoms. The van der Waals surface area contributed by atoms with Crippen LogP contribution in [0.2, 0.25) is 0 Å². The van der Waals surface area contributed by atoms with Crippen LogP contribution in [-0.4, -0.2) is 28.7 Å². The zero-order valence-electron chi connectivity index (χ0n) is 11.4. The first kappa shape index (κ1) is 15.0. The largest absolute Gasteiger partial charge is 0.338 e. The Morgan fingerprint density at radius 3 is 2.41 bits per heavy atom. The predicted octanol–water partition coefficient (Wildman–Crippen LogP) is 3.83. The fraction of sp³-hybridized carbons (Fsp3) is 0.929. The maximum absolute atomic E-state index is 12.5. The molecule has 1 aliphatic rings. The second-order valence-corrected chi connectivity index (χ2v) is 5.94. The highest BCUT2D eigenvalue weighted by atomic mass is 79.9. The van der Waals surface area contributed by atoms with Gasteiger partial charge in [0.2, 0.25) is 5.91 Å². The Balaban J connectivity index is 2.66. The molecular formula is C14H26BrNO. The fourth-order valence-electron chi connectivity index (χ4n) is 2.84. The number of carbonyl (C=O) groups excluding carboxylic acids is 1. The van der Waals surface area contributed by atoms with Crippen LogP contribution < -0.4 is 0 Å². The third-order valence-corrected chi connectivity index (χ3v) is 4.61. The fourth-order valence-corrected chi connectivity index (χ4v) is 3.83. The van der Waals surface area contributed by atoms with Crippen molar-refractivity contribution >= 4 is 21.8 Å². The van der Waals surface area contributed by atoms with Crippen LogP contribution in [0.1, 0.15) is 52.9 Å². The summed E-state index contributed by atoms with van der Waals surface area (Å²) in [5.41, 5.74) is 0. The third-order valence-electron chi connectivity index (χ3n) is 3.95. The molecular weight excluding hydrogens is 278 g/mol. The van der Waals surface area contributed by atoms with Crippen LogP contribution in [0.5, 0.6) is 0 Å². The molecule has 0 saturated carbocycles. The van der Waals surface area contributed by atoms with Gasteiger partial charge in [0.15, 0.2) is 0 Å². The van der Waals surface area contributed by atoms with Gasteiger partial charge in [0.05, 0.1) is 0 Å². The highest BCUT2D eigenvalue weighted by Crippen LogP contribution is 2.28. The first-order valence-corrected chi connectivity index (χ1v) is 8.14. The minimum absolute atomic E-state index is 0.261. The van der Waals surface area contributed by atoms with Crippen LogP contribution >= 0.6 is 15.9 Å². The van der Waals surface area contributed by atoms with E-state index in [0.29, 0.717) is 17.9 Å². The minimum atomic E-state index is 0.261. The smallest absolute Gasteiger partial charge is 0.225 e. The lowest BCUT2D eigenvalue weighted by Gasteiger charge is -2.29. The Morgan fingerprint density at radius 2 is 1.94 bits per heavy atom. The van der Waals surface area contributed by atoms with E-state index in [1.165, 1.54) is 0 Å². The molecule has 2 atom stereocenters. The summed E-state index contributed by atoms with van der Waals surface area (Å²) >= 11 is 3.56. The molecule has 1 saturated heterocycles. The zero-order valence-corrected chi connectivity index (χ0v) is 13.0. The van der Waals surface area contributed by atoms with Gasteiger partial charge in [0.25, 0.3) is 0 Å². The van der Waals surface area contributed by atoms with Crippen LogP contribution in [0.4, 0.5) is 0 Å². The average Bonchev–Trinajstić information content (AvgIpc) is 2.69. The van der Waals surface area contributed by atoms with Crippen molar-refractivity contribution < 1.29 is 4.79 Å². The maximum atomic E-state index is 12.5. The molecule has 0 N–H and O–H groups in total. The van der Waals surface area contributed by atoms with Gasteiger partial charge in [-0.1, -0.05) is 49.5 Å². The van der Waals surface area contributed by atoms with Gasteiger partial charge in [-0.3, -0.25) is 4.79 Å². The normalized spacial score (nSPS) is 24.6. The van der Waals surface area contributed by atoms with Gasteiger partial charge in [-0.05, 0) is 25.2 Å². The number of alkyl halides is 1. The molecule has 0 aromatic rings. The highest BCUT2D eigenvalue weighted by Gasteiger charge is 2.35. The average molecular weight is 304 g/mol. The van der Waals surface area contributed by atoms with Crippen LogP contribution in [0.3, 0.4) is 0 Å². The summed E-state index contributed by atoms with van der Waals surface area (Å²) < 4.78 is 0. The molecule has 2 nitrogen and oxygen atoms in total. The topological polar surface area (TPSA) is 20.3 Å². The van der Waals surface area contributed by atoms with Crippen molar-refractivity contribution in [3.05, 3.63) is 0 Å². The number of halogens is 1. The third kappa shape index (κ3) is 3.70. The summed E-state index contributed by atoms with van der Waals surface area (Å²) in [4.78, 5) is 14.7. The Hall–Kier alpha value is -0.0500. The first-order valence-electron chi connectivity index (χ1n) is 7.02. The van der Waals surface area contributed by atoms with Crippen molar-refractivity contribution in [3.63, 3.8) is 0 Å². The van der Waals surface area contributed by atoms with Gasteiger partial charge >= 0.3 is 0 Å². The number of rotatable bonds is 6. The summed E-state index contributed by atoms with van der Waals surface area (Å²) in [5, 5.41) is 0.922. The van der Waals surface area contributed by atoms with E-state index in [-0.39, 0.29) is 5.92 Å².